The molecular weight excluding hydrogens is 471 g/mol. The lowest BCUT2D eigenvalue weighted by molar-refractivity contribution is -0.141. The van der Waals surface area contributed by atoms with Crippen molar-refractivity contribution in [3.8, 4) is 0 Å². The Morgan fingerprint density at radius 2 is 1.94 bits per heavy atom. The molecule has 2 aromatic rings. The molecule has 178 valence electrons. The monoisotopic (exact) mass is 490 g/mol. The van der Waals surface area contributed by atoms with Crippen LogP contribution < -0.4 is 10.6 Å². The number of aromatic nitrogens is 1. The summed E-state index contributed by atoms with van der Waals surface area (Å²) in [5.74, 6) is -2.84. The van der Waals surface area contributed by atoms with Gasteiger partial charge in [0.25, 0.3) is 0 Å². The summed E-state index contributed by atoms with van der Waals surface area (Å²) in [5, 5.41) is 4.37. The van der Waals surface area contributed by atoms with E-state index in [0.29, 0.717) is 6.07 Å². The topological polar surface area (TPSA) is 74.3 Å². The van der Waals surface area contributed by atoms with E-state index in [2.05, 4.69) is 15.6 Å². The number of benzene rings is 1. The molecule has 1 aliphatic rings. The predicted octanol–water partition coefficient (Wildman–Crippen LogP) is 4.29. The third kappa shape index (κ3) is 5.18. The predicted molar refractivity (Wildman–Crippen MR) is 109 cm³/mol. The van der Waals surface area contributed by atoms with Gasteiger partial charge in [-0.3, -0.25) is 9.78 Å². The van der Waals surface area contributed by atoms with Crippen molar-refractivity contribution in [2.75, 3.05) is 13.1 Å². The van der Waals surface area contributed by atoms with Gasteiger partial charge in [-0.1, -0.05) is 37.6 Å². The standard InChI is InChI=1S/C21H20ClF5N4O2/c1-10(2)18-19(32)28-7-8-31(18)20(33)30-17(12-4-5-13(23)15(22)16(12)24)11-3-6-14(29-9-11)21(25,26)27/h3-6,9-10,17-18H,7-8H2,1-2H3,(H,28,32)(H,30,33)/t17-,18+/m1/s1. The molecule has 3 rings (SSSR count). The molecule has 0 radical (unpaired) electrons. The molecule has 0 aliphatic carbocycles. The van der Waals surface area contributed by atoms with E-state index in [9.17, 15) is 31.5 Å². The minimum absolute atomic E-state index is 0.000447. The van der Waals surface area contributed by atoms with Crippen LogP contribution in [0.15, 0.2) is 30.5 Å². The van der Waals surface area contributed by atoms with Gasteiger partial charge in [0.15, 0.2) is 0 Å². The fraction of sp³-hybridized carbons (Fsp3) is 0.381. The van der Waals surface area contributed by atoms with Crippen LogP contribution in [0.3, 0.4) is 0 Å². The summed E-state index contributed by atoms with van der Waals surface area (Å²) in [6, 6.07) is 0.691. The number of amides is 3. The second-order valence-electron chi connectivity index (χ2n) is 7.79. The number of halogens is 6. The van der Waals surface area contributed by atoms with Crippen molar-refractivity contribution in [3.63, 3.8) is 0 Å². The summed E-state index contributed by atoms with van der Waals surface area (Å²) in [6.45, 7) is 3.84. The summed E-state index contributed by atoms with van der Waals surface area (Å²) < 4.78 is 67.3. The molecule has 3 amide bonds. The quantitative estimate of drug-likeness (QED) is 0.496. The molecule has 2 heterocycles. The van der Waals surface area contributed by atoms with E-state index in [0.717, 1.165) is 24.4 Å². The number of carbonyl (C=O) groups excluding carboxylic acids is 2. The maximum Gasteiger partial charge on any atom is 0.433 e. The average Bonchev–Trinajstić information content (AvgIpc) is 2.75. The molecule has 1 aromatic carbocycles. The van der Waals surface area contributed by atoms with Crippen molar-refractivity contribution in [2.45, 2.75) is 32.1 Å². The highest BCUT2D eigenvalue weighted by molar-refractivity contribution is 6.31. The molecule has 1 saturated heterocycles. The SMILES string of the molecule is CC(C)[C@H]1C(=O)NCCN1C(=O)N[C@H](c1ccc(C(F)(F)F)nc1)c1ccc(F)c(Cl)c1F. The molecule has 12 heteroatoms. The lowest BCUT2D eigenvalue weighted by atomic mass is 9.98. The third-order valence-electron chi connectivity index (χ3n) is 5.20. The fourth-order valence-electron chi connectivity index (χ4n) is 3.63. The highest BCUT2D eigenvalue weighted by Crippen LogP contribution is 2.32. The van der Waals surface area contributed by atoms with Gasteiger partial charge in [0.05, 0.1) is 6.04 Å². The molecule has 2 N–H and O–H groups in total. The van der Waals surface area contributed by atoms with Crippen LogP contribution >= 0.6 is 11.6 Å². The number of piperazine rings is 1. The number of hydrogen-bond donors (Lipinski definition) is 2. The van der Waals surface area contributed by atoms with Crippen LogP contribution in [0, 0.1) is 17.6 Å². The van der Waals surface area contributed by atoms with Crippen molar-refractivity contribution < 1.29 is 31.5 Å². The summed E-state index contributed by atoms with van der Waals surface area (Å²) in [7, 11) is 0. The van der Waals surface area contributed by atoms with Crippen molar-refractivity contribution in [2.24, 2.45) is 5.92 Å². The maximum atomic E-state index is 14.8. The van der Waals surface area contributed by atoms with E-state index in [4.69, 9.17) is 11.6 Å². The van der Waals surface area contributed by atoms with Crippen molar-refractivity contribution in [1.29, 1.82) is 0 Å². The van der Waals surface area contributed by atoms with Crippen molar-refractivity contribution in [3.05, 3.63) is 63.9 Å². The highest BCUT2D eigenvalue weighted by Gasteiger charge is 2.37. The van der Waals surface area contributed by atoms with E-state index in [1.807, 2.05) is 0 Å². The summed E-state index contributed by atoms with van der Waals surface area (Å²) in [6.07, 6.45) is -3.86. The lowest BCUT2D eigenvalue weighted by Gasteiger charge is -2.38. The average molecular weight is 491 g/mol. The molecule has 33 heavy (non-hydrogen) atoms. The lowest BCUT2D eigenvalue weighted by Crippen LogP contribution is -2.61. The number of nitrogens with one attached hydrogen (secondary N) is 2. The zero-order valence-corrected chi connectivity index (χ0v) is 18.3. The van der Waals surface area contributed by atoms with E-state index in [1.165, 1.54) is 4.90 Å². The van der Waals surface area contributed by atoms with E-state index in [1.54, 1.807) is 13.8 Å². The number of rotatable bonds is 4. The number of hydrogen-bond acceptors (Lipinski definition) is 3. The molecule has 1 aromatic heterocycles. The Bertz CT molecular complexity index is 1050. The molecule has 1 aliphatic heterocycles. The molecule has 1 fully saturated rings. The van der Waals surface area contributed by atoms with Crippen LogP contribution in [0.4, 0.5) is 26.7 Å². The second kappa shape index (κ2) is 9.50. The molecule has 0 unspecified atom stereocenters. The summed E-state index contributed by atoms with van der Waals surface area (Å²) in [5.41, 5.74) is -1.46. The first-order valence-corrected chi connectivity index (χ1v) is 10.3. The number of alkyl halides is 3. The van der Waals surface area contributed by atoms with Crippen LogP contribution in [-0.4, -0.2) is 41.0 Å². The zero-order chi connectivity index (χ0) is 24.5. The molecule has 2 atom stereocenters. The molecule has 0 bridgehead atoms. The summed E-state index contributed by atoms with van der Waals surface area (Å²) >= 11 is 5.68. The van der Waals surface area contributed by atoms with Gasteiger partial charge < -0.3 is 15.5 Å². The molecule has 0 saturated carbocycles. The van der Waals surface area contributed by atoms with Crippen molar-refractivity contribution in [1.82, 2.24) is 20.5 Å². The van der Waals surface area contributed by atoms with Gasteiger partial charge >= 0.3 is 12.2 Å². The van der Waals surface area contributed by atoms with Crippen LogP contribution in [0.2, 0.25) is 5.02 Å². The van der Waals surface area contributed by atoms with Gasteiger partial charge in [0.1, 0.15) is 28.4 Å². The first-order valence-electron chi connectivity index (χ1n) is 9.93. The molecule has 6 nitrogen and oxygen atoms in total. The van der Waals surface area contributed by atoms with Gasteiger partial charge in [-0.05, 0) is 23.6 Å². The molecule has 0 spiro atoms. The largest absolute Gasteiger partial charge is 0.433 e. The Labute approximate surface area is 191 Å². The Morgan fingerprint density at radius 1 is 1.24 bits per heavy atom. The van der Waals surface area contributed by atoms with Crippen LogP contribution in [0.1, 0.15) is 36.7 Å². The Morgan fingerprint density at radius 3 is 2.52 bits per heavy atom. The van der Waals surface area contributed by atoms with Crippen LogP contribution in [-0.2, 0) is 11.0 Å². The van der Waals surface area contributed by atoms with Crippen molar-refractivity contribution >= 4 is 23.5 Å². The van der Waals surface area contributed by atoms with Gasteiger partial charge in [-0.25, -0.2) is 13.6 Å². The fourth-order valence-corrected chi connectivity index (χ4v) is 3.80. The molecular formula is C21H20ClF5N4O2. The van der Waals surface area contributed by atoms with Gasteiger partial charge in [-0.2, -0.15) is 13.2 Å². The smallest absolute Gasteiger partial charge is 0.353 e. The van der Waals surface area contributed by atoms with E-state index in [-0.39, 0.29) is 36.0 Å². The minimum atomic E-state index is -4.70. The van der Waals surface area contributed by atoms with Gasteiger partial charge in [0, 0.05) is 24.8 Å². The van der Waals surface area contributed by atoms with Crippen LogP contribution in [0.5, 0.6) is 0 Å². The Hall–Kier alpha value is -2.95. The number of carbonyl (C=O) groups is 2. The third-order valence-corrected chi connectivity index (χ3v) is 5.55. The minimum Gasteiger partial charge on any atom is -0.353 e. The number of urea groups is 1. The number of pyridine rings is 1. The Balaban J connectivity index is 2.01. The maximum absolute atomic E-state index is 14.8. The van der Waals surface area contributed by atoms with E-state index >= 15 is 0 Å². The van der Waals surface area contributed by atoms with Crippen LogP contribution in [0.25, 0.3) is 0 Å². The first kappa shape index (κ1) is 24.7. The first-order chi connectivity index (χ1) is 15.4. The normalized spacial score (nSPS) is 17.7. The van der Waals surface area contributed by atoms with Gasteiger partial charge in [-0.15, -0.1) is 0 Å². The number of nitrogens with zero attached hydrogens (tertiary/aromatic N) is 2. The second-order valence-corrected chi connectivity index (χ2v) is 8.17. The summed E-state index contributed by atoms with van der Waals surface area (Å²) in [4.78, 5) is 30.0. The van der Waals surface area contributed by atoms with E-state index < -0.39 is 46.6 Å². The van der Waals surface area contributed by atoms with Gasteiger partial charge in [0.2, 0.25) is 5.91 Å². The highest BCUT2D eigenvalue weighted by atomic mass is 35.5. The zero-order valence-electron chi connectivity index (χ0n) is 17.5. The Kier molecular flexibility index (Phi) is 7.11.